The smallest absolute Gasteiger partial charge is 0.317 e. The molecule has 0 spiro atoms. The van der Waals surface area contributed by atoms with Crippen LogP contribution in [0.3, 0.4) is 0 Å². The molecule has 0 aliphatic heterocycles. The lowest BCUT2D eigenvalue weighted by Crippen LogP contribution is -2.43. The van der Waals surface area contributed by atoms with Crippen molar-refractivity contribution in [2.75, 3.05) is 39.3 Å². The second-order valence-corrected chi connectivity index (χ2v) is 4.09. The van der Waals surface area contributed by atoms with Gasteiger partial charge in [-0.25, -0.2) is 0 Å². The largest absolute Gasteiger partial charge is 0.480 e. The Kier molecular flexibility index (Phi) is 8.41. The Hall–Kier alpha value is -2.40. The molecule has 0 aromatic heterocycles. The zero-order valence-electron chi connectivity index (χ0n) is 11.0. The first-order chi connectivity index (χ1) is 9.74. The molecule has 0 aromatic carbocycles. The van der Waals surface area contributed by atoms with E-state index in [-0.39, 0.29) is 13.1 Å². The van der Waals surface area contributed by atoms with E-state index in [9.17, 15) is 24.1 Å². The van der Waals surface area contributed by atoms with E-state index in [1.807, 2.05) is 0 Å². The second kappa shape index (κ2) is 9.50. The summed E-state index contributed by atoms with van der Waals surface area (Å²) in [6, 6.07) is 0. The molecule has 0 saturated heterocycles. The van der Waals surface area contributed by atoms with E-state index in [1.54, 1.807) is 0 Å². The third-order valence-corrected chi connectivity index (χ3v) is 2.27. The van der Waals surface area contributed by atoms with E-state index in [2.05, 4.69) is 5.18 Å². The van der Waals surface area contributed by atoms with Crippen LogP contribution < -0.4 is 0 Å². The second-order valence-electron chi connectivity index (χ2n) is 4.09. The molecule has 11 nitrogen and oxygen atoms in total. The number of carbonyl (C=O) groups excluding carboxylic acids is 1. The Morgan fingerprint density at radius 2 is 1.05 bits per heavy atom. The van der Waals surface area contributed by atoms with Crippen molar-refractivity contribution in [2.24, 2.45) is 5.18 Å². The van der Waals surface area contributed by atoms with Crippen molar-refractivity contribution < 1.29 is 34.5 Å². The van der Waals surface area contributed by atoms with Gasteiger partial charge in [-0.3, -0.25) is 29.0 Å². The highest BCUT2D eigenvalue weighted by molar-refractivity contribution is 5.79. The molecule has 11 heteroatoms. The molecule has 118 valence electrons. The van der Waals surface area contributed by atoms with Crippen molar-refractivity contribution in [1.29, 1.82) is 0 Å². The van der Waals surface area contributed by atoms with Crippen LogP contribution in [0, 0.1) is 4.91 Å². The van der Waals surface area contributed by atoms with Gasteiger partial charge < -0.3 is 15.3 Å². The summed E-state index contributed by atoms with van der Waals surface area (Å²) < 4.78 is 0. The molecule has 0 heterocycles. The van der Waals surface area contributed by atoms with Crippen molar-refractivity contribution in [3.63, 3.8) is 0 Å². The molecule has 0 aliphatic rings. The fraction of sp³-hybridized carbons (Fsp3) is 0.600. The third-order valence-electron chi connectivity index (χ3n) is 2.27. The van der Waals surface area contributed by atoms with Gasteiger partial charge in [0.1, 0.15) is 0 Å². The van der Waals surface area contributed by atoms with Crippen LogP contribution in [-0.4, -0.2) is 88.2 Å². The summed E-state index contributed by atoms with van der Waals surface area (Å²) in [6.45, 7) is -2.40. The highest BCUT2D eigenvalue weighted by Gasteiger charge is 2.18. The number of amides is 1. The number of carbonyl (C=O) groups is 4. The Balaban J connectivity index is 4.60. The standard InChI is InChI=1S/C10H15N3O8/c14-7(11-21)3-12(4-8(15)16)1-2-13(5-9(17)18)6-10(19)20/h1-6H2,(H,15,16)(H,17,18)(H,19,20). The summed E-state index contributed by atoms with van der Waals surface area (Å²) in [5.41, 5.74) is 0. The highest BCUT2D eigenvalue weighted by atomic mass is 16.4. The molecule has 0 saturated carbocycles. The lowest BCUT2D eigenvalue weighted by Gasteiger charge is -2.23. The number of rotatable bonds is 11. The number of carboxylic acid groups (broad SMARTS) is 3. The van der Waals surface area contributed by atoms with Crippen molar-refractivity contribution in [3.8, 4) is 0 Å². The van der Waals surface area contributed by atoms with Crippen molar-refractivity contribution in [2.45, 2.75) is 0 Å². The number of hydrogen-bond donors (Lipinski definition) is 3. The van der Waals surface area contributed by atoms with Gasteiger partial charge in [0.05, 0.1) is 26.2 Å². The molecule has 0 aliphatic carbocycles. The Morgan fingerprint density at radius 3 is 1.33 bits per heavy atom. The Morgan fingerprint density at radius 1 is 0.714 bits per heavy atom. The van der Waals surface area contributed by atoms with Crippen LogP contribution in [0.5, 0.6) is 0 Å². The molecule has 0 radical (unpaired) electrons. The van der Waals surface area contributed by atoms with Gasteiger partial charge in [0.25, 0.3) is 5.91 Å². The number of nitroso groups, excluding NO2 is 1. The minimum atomic E-state index is -1.25. The maximum atomic E-state index is 10.9. The van der Waals surface area contributed by atoms with Gasteiger partial charge in [-0.2, -0.15) is 0 Å². The fourth-order valence-electron chi connectivity index (χ4n) is 1.50. The summed E-state index contributed by atoms with van der Waals surface area (Å²) in [5.74, 6) is -4.81. The first-order valence-corrected chi connectivity index (χ1v) is 5.71. The van der Waals surface area contributed by atoms with Crippen LogP contribution in [0.2, 0.25) is 0 Å². The predicted octanol–water partition coefficient (Wildman–Crippen LogP) is -1.86. The van der Waals surface area contributed by atoms with Crippen LogP contribution in [-0.2, 0) is 19.2 Å². The highest BCUT2D eigenvalue weighted by Crippen LogP contribution is 1.95. The first-order valence-electron chi connectivity index (χ1n) is 5.71. The van der Waals surface area contributed by atoms with Gasteiger partial charge in [0.15, 0.2) is 0 Å². The molecule has 0 bridgehead atoms. The normalized spacial score (nSPS) is 10.6. The molecule has 0 rings (SSSR count). The maximum Gasteiger partial charge on any atom is 0.317 e. The summed E-state index contributed by atoms with van der Waals surface area (Å²) in [6.07, 6.45) is 0. The summed E-state index contributed by atoms with van der Waals surface area (Å²) >= 11 is 0. The average Bonchev–Trinajstić information content (AvgIpc) is 2.33. The van der Waals surface area contributed by atoms with E-state index in [1.165, 1.54) is 0 Å². The molecule has 0 atom stereocenters. The number of hydrogen-bond acceptors (Lipinski definition) is 7. The lowest BCUT2D eigenvalue weighted by molar-refractivity contribution is -0.143. The van der Waals surface area contributed by atoms with Crippen molar-refractivity contribution >= 4 is 23.8 Å². The molecule has 0 aromatic rings. The van der Waals surface area contributed by atoms with Gasteiger partial charge in [-0.1, -0.05) is 0 Å². The van der Waals surface area contributed by atoms with E-state index in [0.717, 1.165) is 9.80 Å². The average molecular weight is 305 g/mol. The Bertz CT molecular complexity index is 409. The molecule has 1 amide bonds. The number of carboxylic acids is 3. The third kappa shape index (κ3) is 10.1. The van der Waals surface area contributed by atoms with Gasteiger partial charge in [0, 0.05) is 18.3 Å². The number of aliphatic carboxylic acids is 3. The number of nitrogens with zero attached hydrogens (tertiary/aromatic N) is 3. The van der Waals surface area contributed by atoms with Crippen LogP contribution in [0.1, 0.15) is 0 Å². The van der Waals surface area contributed by atoms with E-state index < -0.39 is 50.0 Å². The van der Waals surface area contributed by atoms with Crippen LogP contribution in [0.25, 0.3) is 0 Å². The van der Waals surface area contributed by atoms with Gasteiger partial charge in [0.2, 0.25) is 0 Å². The zero-order valence-corrected chi connectivity index (χ0v) is 11.0. The monoisotopic (exact) mass is 305 g/mol. The van der Waals surface area contributed by atoms with E-state index in [0.29, 0.717) is 0 Å². The molecular weight excluding hydrogens is 290 g/mol. The van der Waals surface area contributed by atoms with Crippen LogP contribution in [0.4, 0.5) is 0 Å². The lowest BCUT2D eigenvalue weighted by atomic mass is 10.3. The summed E-state index contributed by atoms with van der Waals surface area (Å²) in [5, 5.41) is 28.1. The van der Waals surface area contributed by atoms with Gasteiger partial charge >= 0.3 is 17.9 Å². The quantitative estimate of drug-likeness (QED) is 0.368. The summed E-state index contributed by atoms with van der Waals surface area (Å²) in [4.78, 5) is 54.8. The predicted molar refractivity (Wildman–Crippen MR) is 66.6 cm³/mol. The van der Waals surface area contributed by atoms with Gasteiger partial charge in [-0.15, -0.1) is 4.91 Å². The minimum absolute atomic E-state index is 0.0992. The van der Waals surface area contributed by atoms with E-state index >= 15 is 0 Å². The molecular formula is C10H15N3O8. The molecule has 21 heavy (non-hydrogen) atoms. The van der Waals surface area contributed by atoms with Gasteiger partial charge in [-0.05, 0) is 0 Å². The topological polar surface area (TPSA) is 165 Å². The molecule has 0 fully saturated rings. The van der Waals surface area contributed by atoms with Crippen molar-refractivity contribution in [1.82, 2.24) is 9.80 Å². The fourth-order valence-corrected chi connectivity index (χ4v) is 1.50. The summed E-state index contributed by atoms with van der Waals surface area (Å²) in [7, 11) is 0. The SMILES string of the molecule is O=NC(=O)CN(CCN(CC(=O)O)CC(=O)O)CC(=O)O. The molecule has 0 unspecified atom stereocenters. The Labute approximate surface area is 118 Å². The zero-order chi connectivity index (χ0) is 16.4. The van der Waals surface area contributed by atoms with Crippen molar-refractivity contribution in [3.05, 3.63) is 4.91 Å². The molecule has 3 N–H and O–H groups in total. The van der Waals surface area contributed by atoms with Crippen LogP contribution >= 0.6 is 0 Å². The van der Waals surface area contributed by atoms with E-state index in [4.69, 9.17) is 15.3 Å². The maximum absolute atomic E-state index is 10.9. The first kappa shape index (κ1) is 18.6. The minimum Gasteiger partial charge on any atom is -0.480 e. The van der Waals surface area contributed by atoms with Crippen LogP contribution in [0.15, 0.2) is 5.18 Å².